The summed E-state index contributed by atoms with van der Waals surface area (Å²) in [6.07, 6.45) is 8.70. The standard InChI is InChI=1S/C15H21N/c1-2-4-8-12(7-3-1)14-11-16-15-10-6-5-9-13(14)15/h5-6,9-10,12,14,16H,1-4,7-8,11H2. The predicted molar refractivity (Wildman–Crippen MR) is 68.9 cm³/mol. The number of fused-ring (bicyclic) bond motifs is 1. The average molecular weight is 215 g/mol. The van der Waals surface area contributed by atoms with Gasteiger partial charge in [0.05, 0.1) is 0 Å². The number of hydrogen-bond donors (Lipinski definition) is 1. The fourth-order valence-electron chi connectivity index (χ4n) is 3.45. The van der Waals surface area contributed by atoms with Gasteiger partial charge in [-0.3, -0.25) is 0 Å². The SMILES string of the molecule is c1ccc2c(c1)NCC2C1CCCCCC1. The van der Waals surface area contributed by atoms with Crippen molar-refractivity contribution >= 4 is 5.69 Å². The number of hydrogen-bond acceptors (Lipinski definition) is 1. The predicted octanol–water partition coefficient (Wildman–Crippen LogP) is 4.17. The molecule has 1 unspecified atom stereocenters. The first-order valence-electron chi connectivity index (χ1n) is 6.78. The van der Waals surface area contributed by atoms with Gasteiger partial charge in [0.15, 0.2) is 0 Å². The molecule has 1 atom stereocenters. The molecule has 0 aromatic heterocycles. The van der Waals surface area contributed by atoms with Gasteiger partial charge >= 0.3 is 0 Å². The Morgan fingerprint density at radius 3 is 2.50 bits per heavy atom. The summed E-state index contributed by atoms with van der Waals surface area (Å²) in [5, 5.41) is 3.57. The second kappa shape index (κ2) is 4.48. The summed E-state index contributed by atoms with van der Waals surface area (Å²) in [6, 6.07) is 8.88. The Bertz CT molecular complexity index is 350. The van der Waals surface area contributed by atoms with E-state index < -0.39 is 0 Å². The molecule has 0 spiro atoms. The summed E-state index contributed by atoms with van der Waals surface area (Å²) in [6.45, 7) is 1.17. The summed E-state index contributed by atoms with van der Waals surface area (Å²) in [5.41, 5.74) is 2.96. The number of para-hydroxylation sites is 1. The van der Waals surface area contributed by atoms with Gasteiger partial charge in [-0.1, -0.05) is 43.9 Å². The molecule has 1 nitrogen and oxygen atoms in total. The quantitative estimate of drug-likeness (QED) is 0.693. The molecule has 0 radical (unpaired) electrons. The molecule has 1 saturated carbocycles. The van der Waals surface area contributed by atoms with Crippen LogP contribution >= 0.6 is 0 Å². The van der Waals surface area contributed by atoms with Crippen molar-refractivity contribution in [2.24, 2.45) is 5.92 Å². The Hall–Kier alpha value is -0.980. The number of benzene rings is 1. The second-order valence-electron chi connectivity index (χ2n) is 5.33. The normalized spacial score (nSPS) is 25.9. The number of anilines is 1. The zero-order valence-electron chi connectivity index (χ0n) is 9.91. The smallest absolute Gasteiger partial charge is 0.0376 e. The van der Waals surface area contributed by atoms with E-state index in [9.17, 15) is 0 Å². The van der Waals surface area contributed by atoms with Gasteiger partial charge in [0, 0.05) is 18.2 Å². The van der Waals surface area contributed by atoms with Crippen LogP contribution in [0.1, 0.15) is 50.0 Å². The molecule has 1 aliphatic carbocycles. The fraction of sp³-hybridized carbons (Fsp3) is 0.600. The first-order chi connectivity index (χ1) is 7.95. The summed E-state index contributed by atoms with van der Waals surface area (Å²) >= 11 is 0. The highest BCUT2D eigenvalue weighted by Crippen LogP contribution is 2.41. The molecule has 1 heterocycles. The third kappa shape index (κ3) is 1.83. The molecular weight excluding hydrogens is 194 g/mol. The van der Waals surface area contributed by atoms with Crippen LogP contribution in [0.15, 0.2) is 24.3 Å². The van der Waals surface area contributed by atoms with E-state index in [0.29, 0.717) is 0 Å². The topological polar surface area (TPSA) is 12.0 Å². The van der Waals surface area contributed by atoms with Gasteiger partial charge in [-0.2, -0.15) is 0 Å². The number of nitrogens with one attached hydrogen (secondary N) is 1. The van der Waals surface area contributed by atoms with Crippen LogP contribution in [-0.2, 0) is 0 Å². The van der Waals surface area contributed by atoms with Gasteiger partial charge in [-0.15, -0.1) is 0 Å². The molecule has 3 rings (SSSR count). The van der Waals surface area contributed by atoms with E-state index in [-0.39, 0.29) is 0 Å². The minimum atomic E-state index is 0.786. The Labute approximate surface area is 98.3 Å². The van der Waals surface area contributed by atoms with Crippen LogP contribution < -0.4 is 5.32 Å². The Balaban J connectivity index is 1.80. The van der Waals surface area contributed by atoms with Crippen molar-refractivity contribution in [2.45, 2.75) is 44.4 Å². The Morgan fingerprint density at radius 2 is 1.69 bits per heavy atom. The van der Waals surface area contributed by atoms with Crippen LogP contribution in [0.2, 0.25) is 0 Å². The van der Waals surface area contributed by atoms with Crippen molar-refractivity contribution in [2.75, 3.05) is 11.9 Å². The second-order valence-corrected chi connectivity index (χ2v) is 5.33. The molecule has 1 fully saturated rings. The largest absolute Gasteiger partial charge is 0.384 e. The lowest BCUT2D eigenvalue weighted by Gasteiger charge is -2.21. The third-order valence-corrected chi connectivity index (χ3v) is 4.34. The maximum atomic E-state index is 3.57. The van der Waals surface area contributed by atoms with Gasteiger partial charge in [-0.05, 0) is 30.4 Å². The molecular formula is C15H21N. The van der Waals surface area contributed by atoms with Crippen molar-refractivity contribution in [3.8, 4) is 0 Å². The molecule has 1 aliphatic heterocycles. The van der Waals surface area contributed by atoms with Gasteiger partial charge in [-0.25, -0.2) is 0 Å². The van der Waals surface area contributed by atoms with E-state index in [0.717, 1.165) is 11.8 Å². The lowest BCUT2D eigenvalue weighted by atomic mass is 9.83. The van der Waals surface area contributed by atoms with Crippen molar-refractivity contribution in [1.29, 1.82) is 0 Å². The third-order valence-electron chi connectivity index (χ3n) is 4.34. The van der Waals surface area contributed by atoms with Crippen LogP contribution in [0.3, 0.4) is 0 Å². The number of rotatable bonds is 1. The van der Waals surface area contributed by atoms with E-state index in [1.54, 1.807) is 5.56 Å². The Kier molecular flexibility index (Phi) is 2.86. The van der Waals surface area contributed by atoms with Crippen LogP contribution in [0, 0.1) is 5.92 Å². The van der Waals surface area contributed by atoms with E-state index in [1.165, 1.54) is 50.8 Å². The van der Waals surface area contributed by atoms with Gasteiger partial charge in [0.1, 0.15) is 0 Å². The van der Waals surface area contributed by atoms with Crippen molar-refractivity contribution in [1.82, 2.24) is 0 Å². The highest BCUT2D eigenvalue weighted by atomic mass is 14.9. The van der Waals surface area contributed by atoms with Gasteiger partial charge < -0.3 is 5.32 Å². The molecule has 2 aliphatic rings. The molecule has 1 N–H and O–H groups in total. The van der Waals surface area contributed by atoms with Gasteiger partial charge in [0.25, 0.3) is 0 Å². The summed E-state index contributed by atoms with van der Waals surface area (Å²) in [7, 11) is 0. The zero-order valence-corrected chi connectivity index (χ0v) is 9.91. The lowest BCUT2D eigenvalue weighted by Crippen LogP contribution is -2.14. The van der Waals surface area contributed by atoms with E-state index in [1.807, 2.05) is 0 Å². The van der Waals surface area contributed by atoms with E-state index in [4.69, 9.17) is 0 Å². The maximum absolute atomic E-state index is 3.57. The van der Waals surface area contributed by atoms with Crippen LogP contribution in [0.5, 0.6) is 0 Å². The molecule has 1 aromatic carbocycles. The maximum Gasteiger partial charge on any atom is 0.0376 e. The monoisotopic (exact) mass is 215 g/mol. The molecule has 1 heteroatoms. The van der Waals surface area contributed by atoms with Crippen LogP contribution in [0.25, 0.3) is 0 Å². The zero-order chi connectivity index (χ0) is 10.8. The lowest BCUT2D eigenvalue weighted by molar-refractivity contribution is 0.394. The molecule has 0 bridgehead atoms. The first-order valence-corrected chi connectivity index (χ1v) is 6.78. The Morgan fingerprint density at radius 1 is 0.938 bits per heavy atom. The van der Waals surface area contributed by atoms with Crippen LogP contribution in [-0.4, -0.2) is 6.54 Å². The molecule has 0 saturated heterocycles. The van der Waals surface area contributed by atoms with Crippen molar-refractivity contribution in [3.05, 3.63) is 29.8 Å². The minimum absolute atomic E-state index is 0.786. The first kappa shape index (κ1) is 10.2. The van der Waals surface area contributed by atoms with Crippen LogP contribution in [0.4, 0.5) is 5.69 Å². The van der Waals surface area contributed by atoms with E-state index >= 15 is 0 Å². The summed E-state index contributed by atoms with van der Waals surface area (Å²) in [5.74, 6) is 1.72. The molecule has 86 valence electrons. The van der Waals surface area contributed by atoms with E-state index in [2.05, 4.69) is 29.6 Å². The molecule has 16 heavy (non-hydrogen) atoms. The highest BCUT2D eigenvalue weighted by Gasteiger charge is 2.29. The molecule has 0 amide bonds. The highest BCUT2D eigenvalue weighted by molar-refractivity contribution is 5.57. The van der Waals surface area contributed by atoms with Gasteiger partial charge in [0.2, 0.25) is 0 Å². The fourth-order valence-corrected chi connectivity index (χ4v) is 3.45. The summed E-state index contributed by atoms with van der Waals surface area (Å²) in [4.78, 5) is 0. The minimum Gasteiger partial charge on any atom is -0.384 e. The average Bonchev–Trinajstić information content (AvgIpc) is 2.57. The summed E-state index contributed by atoms with van der Waals surface area (Å²) < 4.78 is 0. The molecule has 1 aromatic rings. The van der Waals surface area contributed by atoms with Crippen molar-refractivity contribution in [3.63, 3.8) is 0 Å². The van der Waals surface area contributed by atoms with Crippen molar-refractivity contribution < 1.29 is 0 Å².